The smallest absolute Gasteiger partial charge is 0.255 e. The molecule has 2 aromatic carbocycles. The molecule has 3 rings (SSSR count). The molecule has 0 saturated carbocycles. The van der Waals surface area contributed by atoms with Gasteiger partial charge in [-0.15, -0.1) is 0 Å². The average Bonchev–Trinajstić information content (AvgIpc) is 2.72. The van der Waals surface area contributed by atoms with Crippen LogP contribution in [0.3, 0.4) is 0 Å². The number of nitrogens with zero attached hydrogens (tertiary/aromatic N) is 2. The van der Waals surface area contributed by atoms with Crippen LogP contribution in [0.15, 0.2) is 47.4 Å². The van der Waals surface area contributed by atoms with Crippen LogP contribution in [0.25, 0.3) is 0 Å². The van der Waals surface area contributed by atoms with Crippen molar-refractivity contribution in [2.24, 2.45) is 0 Å². The van der Waals surface area contributed by atoms with Crippen LogP contribution < -0.4 is 10.0 Å². The number of sulfonamides is 1. The van der Waals surface area contributed by atoms with Gasteiger partial charge in [0.15, 0.2) is 0 Å². The molecule has 1 aliphatic heterocycles. The van der Waals surface area contributed by atoms with Crippen molar-refractivity contribution in [3.63, 3.8) is 0 Å². The maximum atomic E-state index is 13.4. The summed E-state index contributed by atoms with van der Waals surface area (Å²) in [6, 6.07) is 9.87. The number of likely N-dealkylation sites (N-methyl/N-ethyl adjacent to an activating group) is 1. The number of rotatable bonds is 7. The Morgan fingerprint density at radius 3 is 2.52 bits per heavy atom. The maximum absolute atomic E-state index is 13.4. The molecule has 7 nitrogen and oxygen atoms in total. The van der Waals surface area contributed by atoms with Crippen molar-refractivity contribution >= 4 is 21.6 Å². The van der Waals surface area contributed by atoms with Gasteiger partial charge in [-0.1, -0.05) is 6.07 Å². The average molecular weight is 449 g/mol. The molecule has 1 atom stereocenters. The second-order valence-electron chi connectivity index (χ2n) is 8.07. The molecule has 31 heavy (non-hydrogen) atoms. The lowest BCUT2D eigenvalue weighted by molar-refractivity contribution is 0.102. The second kappa shape index (κ2) is 9.86. The van der Waals surface area contributed by atoms with Crippen LogP contribution >= 0.6 is 0 Å². The molecule has 9 heteroatoms. The number of hydrogen-bond acceptors (Lipinski definition) is 5. The van der Waals surface area contributed by atoms with Crippen molar-refractivity contribution in [3.8, 4) is 0 Å². The molecule has 1 saturated heterocycles. The third kappa shape index (κ3) is 6.33. The second-order valence-corrected chi connectivity index (χ2v) is 9.79. The van der Waals surface area contributed by atoms with Gasteiger partial charge in [0.25, 0.3) is 5.91 Å². The van der Waals surface area contributed by atoms with Crippen molar-refractivity contribution in [2.75, 3.05) is 45.1 Å². The zero-order chi connectivity index (χ0) is 22.6. The van der Waals surface area contributed by atoms with E-state index in [0.717, 1.165) is 26.2 Å². The zero-order valence-corrected chi connectivity index (χ0v) is 18.9. The fourth-order valence-electron chi connectivity index (χ4n) is 3.52. The number of carbonyl (C=O) groups excluding carboxylic acids is 1. The maximum Gasteiger partial charge on any atom is 0.255 e. The minimum atomic E-state index is -3.78. The molecule has 0 spiro atoms. The van der Waals surface area contributed by atoms with E-state index in [1.54, 1.807) is 13.0 Å². The van der Waals surface area contributed by atoms with E-state index in [2.05, 4.69) is 26.9 Å². The molecular weight excluding hydrogens is 419 g/mol. The number of benzene rings is 2. The van der Waals surface area contributed by atoms with Crippen LogP contribution in [0.2, 0.25) is 0 Å². The Kier molecular flexibility index (Phi) is 7.42. The van der Waals surface area contributed by atoms with E-state index < -0.39 is 15.9 Å². The third-order valence-corrected chi connectivity index (χ3v) is 6.89. The van der Waals surface area contributed by atoms with Crippen molar-refractivity contribution in [3.05, 3.63) is 59.4 Å². The number of piperazine rings is 1. The highest BCUT2D eigenvalue weighted by Gasteiger charge is 2.22. The Morgan fingerprint density at radius 1 is 1.13 bits per heavy atom. The zero-order valence-electron chi connectivity index (χ0n) is 18.1. The number of amides is 1. The third-order valence-electron chi connectivity index (χ3n) is 5.31. The largest absolute Gasteiger partial charge is 0.322 e. The molecule has 1 unspecified atom stereocenters. The SMILES string of the molecule is Cc1cc(NC(=O)c2cccc(S(=O)(=O)NC(C)CN3CCN(C)CC3)c2)ccc1F. The lowest BCUT2D eigenvalue weighted by atomic mass is 10.2. The van der Waals surface area contributed by atoms with Crippen molar-refractivity contribution < 1.29 is 17.6 Å². The summed E-state index contributed by atoms with van der Waals surface area (Å²) in [6.45, 7) is 7.80. The standard InChI is InChI=1S/C22H29FN4O3S/c1-16-13-19(7-8-21(16)23)24-22(28)18-5-4-6-20(14-18)31(29,30)25-17(2)15-27-11-9-26(3)10-12-27/h4-8,13-14,17,25H,9-12,15H2,1-3H3,(H,24,28). The van der Waals surface area contributed by atoms with Gasteiger partial charge in [-0.05, 0) is 62.9 Å². The number of halogens is 1. The summed E-state index contributed by atoms with van der Waals surface area (Å²) in [5, 5.41) is 2.67. The van der Waals surface area contributed by atoms with Crippen LogP contribution in [0.1, 0.15) is 22.8 Å². The number of anilines is 1. The van der Waals surface area contributed by atoms with Gasteiger partial charge >= 0.3 is 0 Å². The van der Waals surface area contributed by atoms with Gasteiger partial charge in [-0.25, -0.2) is 17.5 Å². The monoisotopic (exact) mass is 448 g/mol. The summed E-state index contributed by atoms with van der Waals surface area (Å²) in [7, 11) is -1.71. The molecule has 2 aromatic rings. The van der Waals surface area contributed by atoms with E-state index in [4.69, 9.17) is 0 Å². The molecule has 1 heterocycles. The lowest BCUT2D eigenvalue weighted by Crippen LogP contribution is -2.49. The van der Waals surface area contributed by atoms with Crippen LogP contribution in [-0.2, 0) is 10.0 Å². The van der Waals surface area contributed by atoms with Gasteiger partial charge in [0.05, 0.1) is 4.90 Å². The van der Waals surface area contributed by atoms with Gasteiger partial charge in [-0.2, -0.15) is 0 Å². The van der Waals surface area contributed by atoms with Crippen LogP contribution in [0.4, 0.5) is 10.1 Å². The molecule has 0 aromatic heterocycles. The van der Waals surface area contributed by atoms with Gasteiger partial charge in [0, 0.05) is 50.0 Å². The van der Waals surface area contributed by atoms with Gasteiger partial charge in [0.1, 0.15) is 5.82 Å². The Balaban J connectivity index is 1.66. The minimum Gasteiger partial charge on any atom is -0.322 e. The minimum absolute atomic E-state index is 0.0284. The highest BCUT2D eigenvalue weighted by Crippen LogP contribution is 2.17. The van der Waals surface area contributed by atoms with Crippen molar-refractivity contribution in [1.29, 1.82) is 0 Å². The van der Waals surface area contributed by atoms with E-state index in [-0.39, 0.29) is 22.3 Å². The van der Waals surface area contributed by atoms with Crippen molar-refractivity contribution in [2.45, 2.75) is 24.8 Å². The summed E-state index contributed by atoms with van der Waals surface area (Å²) >= 11 is 0. The molecule has 0 bridgehead atoms. The van der Waals surface area contributed by atoms with Crippen LogP contribution in [0.5, 0.6) is 0 Å². The van der Waals surface area contributed by atoms with E-state index in [0.29, 0.717) is 17.8 Å². The summed E-state index contributed by atoms with van der Waals surface area (Å²) < 4.78 is 41.8. The Labute approximate surface area is 183 Å². The predicted molar refractivity (Wildman–Crippen MR) is 119 cm³/mol. The molecular formula is C22H29FN4O3S. The normalized spacial score (nSPS) is 16.8. The summed E-state index contributed by atoms with van der Waals surface area (Å²) in [6.07, 6.45) is 0. The van der Waals surface area contributed by atoms with E-state index >= 15 is 0 Å². The fourth-order valence-corrected chi connectivity index (χ4v) is 4.80. The van der Waals surface area contributed by atoms with Crippen LogP contribution in [-0.4, -0.2) is 69.9 Å². The topological polar surface area (TPSA) is 81.7 Å². The molecule has 1 aliphatic rings. The van der Waals surface area contributed by atoms with Gasteiger partial charge in [-0.3, -0.25) is 9.69 Å². The van der Waals surface area contributed by atoms with E-state index in [1.165, 1.54) is 36.4 Å². The first-order valence-electron chi connectivity index (χ1n) is 10.2. The fraction of sp³-hybridized carbons (Fsp3) is 0.409. The molecule has 168 valence electrons. The highest BCUT2D eigenvalue weighted by atomic mass is 32.2. The predicted octanol–water partition coefficient (Wildman–Crippen LogP) is 2.30. The quantitative estimate of drug-likeness (QED) is 0.679. The molecule has 0 radical (unpaired) electrons. The first-order valence-corrected chi connectivity index (χ1v) is 11.7. The Bertz CT molecular complexity index is 1040. The highest BCUT2D eigenvalue weighted by molar-refractivity contribution is 7.89. The van der Waals surface area contributed by atoms with Gasteiger partial charge in [0.2, 0.25) is 10.0 Å². The van der Waals surface area contributed by atoms with E-state index in [9.17, 15) is 17.6 Å². The van der Waals surface area contributed by atoms with Crippen LogP contribution in [0, 0.1) is 12.7 Å². The Hall–Kier alpha value is -2.33. The summed E-state index contributed by atoms with van der Waals surface area (Å²) in [4.78, 5) is 17.1. The molecule has 2 N–H and O–H groups in total. The number of aryl methyl sites for hydroxylation is 1. The molecule has 1 fully saturated rings. The van der Waals surface area contributed by atoms with Crippen molar-refractivity contribution in [1.82, 2.24) is 14.5 Å². The number of carbonyl (C=O) groups is 1. The Morgan fingerprint density at radius 2 is 1.84 bits per heavy atom. The lowest BCUT2D eigenvalue weighted by Gasteiger charge is -2.33. The first-order chi connectivity index (χ1) is 14.6. The molecule has 1 amide bonds. The number of nitrogens with one attached hydrogen (secondary N) is 2. The summed E-state index contributed by atoms with van der Waals surface area (Å²) in [5.74, 6) is -0.823. The van der Waals surface area contributed by atoms with Gasteiger partial charge < -0.3 is 10.2 Å². The number of hydrogen-bond donors (Lipinski definition) is 2. The molecule has 0 aliphatic carbocycles. The summed E-state index contributed by atoms with van der Waals surface area (Å²) in [5.41, 5.74) is 1.06. The van der Waals surface area contributed by atoms with E-state index in [1.807, 2.05) is 6.92 Å². The first kappa shape index (κ1) is 23.3.